The fourth-order valence-electron chi connectivity index (χ4n) is 0.936. The molecule has 0 amide bonds. The summed E-state index contributed by atoms with van der Waals surface area (Å²) in [4.78, 5) is 10.5. The van der Waals surface area contributed by atoms with E-state index in [-0.39, 0.29) is 11.6 Å². The highest BCUT2D eigenvalue weighted by Crippen LogP contribution is 2.34. The number of halogens is 4. The van der Waals surface area contributed by atoms with Crippen molar-refractivity contribution in [3.63, 3.8) is 0 Å². The molecule has 0 saturated carbocycles. The van der Waals surface area contributed by atoms with Crippen molar-refractivity contribution in [2.75, 3.05) is 6.54 Å². The van der Waals surface area contributed by atoms with Gasteiger partial charge in [-0.3, -0.25) is 4.79 Å². The lowest BCUT2D eigenvalue weighted by Crippen LogP contribution is -2.15. The smallest absolute Gasteiger partial charge is 0.416 e. The van der Waals surface area contributed by atoms with Gasteiger partial charge in [-0.15, -0.1) is 0 Å². The Hall–Kier alpha value is -0.920. The third-order valence-corrected chi connectivity index (χ3v) is 2.95. The number of alkyl halides is 3. The zero-order valence-electron chi connectivity index (χ0n) is 8.21. The molecule has 1 aromatic rings. The molecule has 0 aliphatic rings. The number of benzene rings is 1. The second-order valence-electron chi connectivity index (χ2n) is 2.96. The van der Waals surface area contributed by atoms with E-state index in [1.807, 2.05) is 0 Å². The van der Waals surface area contributed by atoms with Crippen molar-refractivity contribution in [2.45, 2.75) is 11.1 Å². The average Bonchev–Trinajstić information content (AvgIpc) is 2.18. The van der Waals surface area contributed by atoms with Crippen LogP contribution in [0.25, 0.3) is 0 Å². The Kier molecular flexibility index (Phi) is 4.67. The minimum absolute atomic E-state index is 0.0808. The summed E-state index contributed by atoms with van der Waals surface area (Å²) in [5, 5.41) is 8.27. The van der Waals surface area contributed by atoms with E-state index in [1.54, 1.807) is 0 Å². The van der Waals surface area contributed by atoms with Gasteiger partial charge in [-0.2, -0.15) is 13.2 Å². The lowest BCUT2D eigenvalue weighted by Gasteiger charge is -2.09. The first-order valence-electron chi connectivity index (χ1n) is 4.29. The van der Waals surface area contributed by atoms with Crippen LogP contribution in [-0.2, 0) is 11.0 Å². The van der Waals surface area contributed by atoms with Crippen molar-refractivity contribution in [3.05, 3.63) is 28.8 Å². The Balaban J connectivity index is 2.73. The predicted molar refractivity (Wildman–Crippen MR) is 57.9 cm³/mol. The largest absolute Gasteiger partial charge is 0.480 e. The van der Waals surface area contributed by atoms with Gasteiger partial charge in [-0.25, -0.2) is 4.72 Å². The highest BCUT2D eigenvalue weighted by molar-refractivity contribution is 7.97. The van der Waals surface area contributed by atoms with E-state index in [1.165, 1.54) is 6.07 Å². The third kappa shape index (κ3) is 4.45. The Morgan fingerprint density at radius 3 is 2.59 bits per heavy atom. The molecule has 1 rings (SSSR count). The maximum absolute atomic E-state index is 12.3. The predicted octanol–water partition coefficient (Wildman–Crippen LogP) is 3.04. The van der Waals surface area contributed by atoms with Crippen molar-refractivity contribution in [1.82, 2.24) is 4.72 Å². The van der Waals surface area contributed by atoms with Crippen LogP contribution in [-0.4, -0.2) is 17.6 Å². The van der Waals surface area contributed by atoms with Crippen LogP contribution < -0.4 is 4.72 Å². The molecule has 2 N–H and O–H groups in total. The van der Waals surface area contributed by atoms with Gasteiger partial charge in [0.2, 0.25) is 0 Å². The summed E-state index contributed by atoms with van der Waals surface area (Å²) in [6.45, 7) is -0.317. The van der Waals surface area contributed by atoms with Crippen molar-refractivity contribution in [2.24, 2.45) is 0 Å². The summed E-state index contributed by atoms with van der Waals surface area (Å²) in [7, 11) is 0. The Labute approximate surface area is 104 Å². The maximum Gasteiger partial charge on any atom is 0.416 e. The van der Waals surface area contributed by atoms with Gasteiger partial charge in [0.05, 0.1) is 10.6 Å². The summed E-state index contributed by atoms with van der Waals surface area (Å²) >= 11 is 6.51. The van der Waals surface area contributed by atoms with Gasteiger partial charge in [0.25, 0.3) is 0 Å². The van der Waals surface area contributed by atoms with Gasteiger partial charge in [-0.05, 0) is 30.1 Å². The van der Waals surface area contributed by atoms with Crippen LogP contribution in [0.4, 0.5) is 13.2 Å². The topological polar surface area (TPSA) is 49.3 Å². The van der Waals surface area contributed by atoms with Crippen LogP contribution in [0.2, 0.25) is 5.02 Å². The van der Waals surface area contributed by atoms with Crippen LogP contribution >= 0.6 is 23.5 Å². The molecule has 0 unspecified atom stereocenters. The number of rotatable bonds is 4. The molecule has 0 bridgehead atoms. The van der Waals surface area contributed by atoms with E-state index < -0.39 is 17.7 Å². The molecule has 0 radical (unpaired) electrons. The molecule has 94 valence electrons. The van der Waals surface area contributed by atoms with Crippen molar-refractivity contribution in [3.8, 4) is 0 Å². The molecule has 8 heteroatoms. The van der Waals surface area contributed by atoms with Crippen molar-refractivity contribution < 1.29 is 23.1 Å². The lowest BCUT2D eigenvalue weighted by molar-refractivity contribution is -0.137. The SMILES string of the molecule is O=C(O)CNSc1ccc(C(F)(F)F)cc1Cl. The molecule has 0 atom stereocenters. The first kappa shape index (κ1) is 14.1. The second-order valence-corrected chi connectivity index (χ2v) is 4.30. The van der Waals surface area contributed by atoms with Crippen LogP contribution in [0.3, 0.4) is 0 Å². The zero-order chi connectivity index (χ0) is 13.1. The average molecular weight is 286 g/mol. The molecule has 3 nitrogen and oxygen atoms in total. The number of carboxylic acid groups (broad SMARTS) is 1. The van der Waals surface area contributed by atoms with E-state index >= 15 is 0 Å². The number of aliphatic carboxylic acids is 1. The van der Waals surface area contributed by atoms with Crippen LogP contribution in [0.1, 0.15) is 5.56 Å². The van der Waals surface area contributed by atoms with E-state index in [0.29, 0.717) is 4.90 Å². The summed E-state index contributed by atoms with van der Waals surface area (Å²) in [5.41, 5.74) is -0.843. The van der Waals surface area contributed by atoms with Crippen LogP contribution in [0.15, 0.2) is 23.1 Å². The standard InChI is InChI=1S/C9H7ClF3NO2S/c10-6-3-5(9(11,12)13)1-2-7(6)17-14-4-8(15)16/h1-3,14H,4H2,(H,15,16). The summed E-state index contributed by atoms with van der Waals surface area (Å²) < 4.78 is 39.3. The van der Waals surface area contributed by atoms with Crippen molar-refractivity contribution in [1.29, 1.82) is 0 Å². The molecule has 1 aromatic carbocycles. The van der Waals surface area contributed by atoms with Crippen LogP contribution in [0.5, 0.6) is 0 Å². The molecule has 0 aromatic heterocycles. The molecular formula is C9H7ClF3NO2S. The minimum atomic E-state index is -4.44. The molecule has 0 heterocycles. The van der Waals surface area contributed by atoms with E-state index in [9.17, 15) is 18.0 Å². The highest BCUT2D eigenvalue weighted by atomic mass is 35.5. The monoisotopic (exact) mass is 285 g/mol. The summed E-state index contributed by atoms with van der Waals surface area (Å²) in [6, 6.07) is 2.87. The molecule has 17 heavy (non-hydrogen) atoms. The highest BCUT2D eigenvalue weighted by Gasteiger charge is 2.30. The molecule has 0 fully saturated rings. The van der Waals surface area contributed by atoms with E-state index in [0.717, 1.165) is 24.1 Å². The molecule has 0 saturated heterocycles. The van der Waals surface area contributed by atoms with Gasteiger partial charge >= 0.3 is 12.1 Å². The van der Waals surface area contributed by atoms with E-state index in [2.05, 4.69) is 4.72 Å². The molecule has 0 spiro atoms. The Bertz CT molecular complexity index is 425. The van der Waals surface area contributed by atoms with Gasteiger partial charge in [0.1, 0.15) is 6.54 Å². The quantitative estimate of drug-likeness (QED) is 0.835. The number of hydrogen-bond acceptors (Lipinski definition) is 3. The molecule has 0 aliphatic heterocycles. The van der Waals surface area contributed by atoms with Crippen LogP contribution in [0, 0.1) is 0 Å². The number of hydrogen-bond donors (Lipinski definition) is 2. The lowest BCUT2D eigenvalue weighted by atomic mass is 10.2. The minimum Gasteiger partial charge on any atom is -0.480 e. The van der Waals surface area contributed by atoms with Gasteiger partial charge < -0.3 is 5.11 Å². The van der Waals surface area contributed by atoms with Gasteiger partial charge in [-0.1, -0.05) is 11.6 Å². The zero-order valence-corrected chi connectivity index (χ0v) is 9.79. The molecular weight excluding hydrogens is 279 g/mol. The third-order valence-electron chi connectivity index (χ3n) is 1.66. The number of carbonyl (C=O) groups is 1. The second kappa shape index (κ2) is 5.61. The number of carboxylic acids is 1. The molecule has 0 aliphatic carbocycles. The van der Waals surface area contributed by atoms with Gasteiger partial charge in [0, 0.05) is 4.90 Å². The normalized spacial score (nSPS) is 11.5. The van der Waals surface area contributed by atoms with Gasteiger partial charge in [0.15, 0.2) is 0 Å². The first-order chi connectivity index (χ1) is 7.80. The Morgan fingerprint density at radius 1 is 1.47 bits per heavy atom. The Morgan fingerprint density at radius 2 is 2.12 bits per heavy atom. The van der Waals surface area contributed by atoms with E-state index in [4.69, 9.17) is 16.7 Å². The summed E-state index contributed by atoms with van der Waals surface area (Å²) in [6.07, 6.45) is -4.44. The van der Waals surface area contributed by atoms with Crippen molar-refractivity contribution >= 4 is 29.5 Å². The fourth-order valence-corrected chi connectivity index (χ4v) is 1.88. The fraction of sp³-hybridized carbons (Fsp3) is 0.222. The first-order valence-corrected chi connectivity index (χ1v) is 5.48. The summed E-state index contributed by atoms with van der Waals surface area (Å²) in [5.74, 6) is -1.07. The maximum atomic E-state index is 12.3. The number of nitrogens with one attached hydrogen (secondary N) is 1.